The molecule has 0 unspecified atom stereocenters. The number of esters is 1. The second-order valence-electron chi connectivity index (χ2n) is 4.23. The fraction of sp³-hybridized carbons (Fsp3) is 0.133. The van der Waals surface area contributed by atoms with Crippen molar-refractivity contribution in [3.63, 3.8) is 0 Å². The number of rotatable bonds is 3. The minimum Gasteiger partial charge on any atom is -0.462 e. The third-order valence-electron chi connectivity index (χ3n) is 2.92. The molecule has 3 rings (SSSR count). The molecule has 0 saturated carbocycles. The van der Waals surface area contributed by atoms with Gasteiger partial charge < -0.3 is 4.74 Å². The highest BCUT2D eigenvalue weighted by Crippen LogP contribution is 2.19. The lowest BCUT2D eigenvalue weighted by atomic mass is 10.1. The summed E-state index contributed by atoms with van der Waals surface area (Å²) in [5, 5.41) is 5.32. The summed E-state index contributed by atoms with van der Waals surface area (Å²) in [6.45, 7) is 2.13. The molecule has 0 atom stereocenters. The molecule has 0 saturated heterocycles. The molecular formula is C15H13N3O2. The highest BCUT2D eigenvalue weighted by molar-refractivity contribution is 6.02. The van der Waals surface area contributed by atoms with Crippen LogP contribution >= 0.6 is 0 Å². The number of benzene rings is 1. The van der Waals surface area contributed by atoms with Crippen molar-refractivity contribution >= 4 is 16.9 Å². The lowest BCUT2D eigenvalue weighted by Gasteiger charge is -2.01. The van der Waals surface area contributed by atoms with E-state index in [9.17, 15) is 4.79 Å². The van der Waals surface area contributed by atoms with E-state index in [0.29, 0.717) is 23.5 Å². The van der Waals surface area contributed by atoms with Gasteiger partial charge in [0.05, 0.1) is 12.2 Å². The van der Waals surface area contributed by atoms with E-state index in [0.717, 1.165) is 5.39 Å². The van der Waals surface area contributed by atoms with Crippen LogP contribution in [-0.2, 0) is 4.74 Å². The van der Waals surface area contributed by atoms with E-state index in [1.165, 1.54) is 0 Å². The van der Waals surface area contributed by atoms with Crippen molar-refractivity contribution in [2.24, 2.45) is 0 Å². The fourth-order valence-corrected chi connectivity index (χ4v) is 2.03. The zero-order valence-corrected chi connectivity index (χ0v) is 11.0. The zero-order chi connectivity index (χ0) is 13.9. The SMILES string of the molecule is CCOC(=O)c1cccc2cn(-c3ccccn3)nc12. The number of aromatic nitrogens is 3. The smallest absolute Gasteiger partial charge is 0.340 e. The van der Waals surface area contributed by atoms with Gasteiger partial charge in [-0.25, -0.2) is 14.5 Å². The highest BCUT2D eigenvalue weighted by atomic mass is 16.5. The Kier molecular flexibility index (Phi) is 3.16. The molecule has 0 N–H and O–H groups in total. The Labute approximate surface area is 115 Å². The third-order valence-corrected chi connectivity index (χ3v) is 2.92. The minimum atomic E-state index is -0.357. The largest absolute Gasteiger partial charge is 0.462 e. The van der Waals surface area contributed by atoms with Crippen LogP contribution in [0.1, 0.15) is 17.3 Å². The summed E-state index contributed by atoms with van der Waals surface area (Å²) < 4.78 is 6.71. The number of hydrogen-bond donors (Lipinski definition) is 0. The second kappa shape index (κ2) is 5.13. The lowest BCUT2D eigenvalue weighted by Crippen LogP contribution is -2.05. The number of pyridine rings is 1. The monoisotopic (exact) mass is 267 g/mol. The summed E-state index contributed by atoms with van der Waals surface area (Å²) in [4.78, 5) is 16.2. The van der Waals surface area contributed by atoms with Crippen LogP contribution in [0.15, 0.2) is 48.8 Å². The van der Waals surface area contributed by atoms with E-state index >= 15 is 0 Å². The molecular weight excluding hydrogens is 254 g/mol. The Bertz CT molecular complexity index is 750. The first-order chi connectivity index (χ1) is 9.79. The Morgan fingerprint density at radius 2 is 2.15 bits per heavy atom. The van der Waals surface area contributed by atoms with E-state index in [1.807, 2.05) is 36.5 Å². The summed E-state index contributed by atoms with van der Waals surface area (Å²) in [5.74, 6) is 0.350. The van der Waals surface area contributed by atoms with Gasteiger partial charge in [-0.2, -0.15) is 5.10 Å². The Morgan fingerprint density at radius 3 is 2.90 bits per heavy atom. The van der Waals surface area contributed by atoms with Gasteiger partial charge in [0.2, 0.25) is 0 Å². The van der Waals surface area contributed by atoms with Crippen molar-refractivity contribution in [2.75, 3.05) is 6.61 Å². The van der Waals surface area contributed by atoms with E-state index in [1.54, 1.807) is 23.9 Å². The molecule has 0 amide bonds. The zero-order valence-electron chi connectivity index (χ0n) is 11.0. The summed E-state index contributed by atoms with van der Waals surface area (Å²) in [5.41, 5.74) is 1.09. The maximum atomic E-state index is 11.9. The van der Waals surface area contributed by atoms with Gasteiger partial charge >= 0.3 is 5.97 Å². The van der Waals surface area contributed by atoms with E-state index in [4.69, 9.17) is 4.74 Å². The standard InChI is InChI=1S/C15H13N3O2/c1-2-20-15(19)12-7-5-6-11-10-18(17-14(11)12)13-8-3-4-9-16-13/h3-10H,2H2,1H3. The first-order valence-corrected chi connectivity index (χ1v) is 6.36. The van der Waals surface area contributed by atoms with Crippen LogP contribution in [0.5, 0.6) is 0 Å². The lowest BCUT2D eigenvalue weighted by molar-refractivity contribution is 0.0528. The number of fused-ring (bicyclic) bond motifs is 1. The number of ether oxygens (including phenoxy) is 1. The van der Waals surface area contributed by atoms with Gasteiger partial charge in [0.15, 0.2) is 5.82 Å². The number of carbonyl (C=O) groups excluding carboxylic acids is 1. The first-order valence-electron chi connectivity index (χ1n) is 6.36. The highest BCUT2D eigenvalue weighted by Gasteiger charge is 2.14. The molecule has 2 aromatic heterocycles. The Balaban J connectivity index is 2.12. The van der Waals surface area contributed by atoms with Crippen LogP contribution in [0.3, 0.4) is 0 Å². The third kappa shape index (κ3) is 2.14. The minimum absolute atomic E-state index is 0.343. The molecule has 3 aromatic rings. The molecule has 5 nitrogen and oxygen atoms in total. The molecule has 0 spiro atoms. The Hall–Kier alpha value is -2.69. The average Bonchev–Trinajstić information content (AvgIpc) is 2.92. The molecule has 1 aromatic carbocycles. The van der Waals surface area contributed by atoms with Crippen molar-refractivity contribution in [3.8, 4) is 5.82 Å². The predicted octanol–water partition coefficient (Wildman–Crippen LogP) is 2.60. The van der Waals surface area contributed by atoms with Gasteiger partial charge in [-0.3, -0.25) is 0 Å². The second-order valence-corrected chi connectivity index (χ2v) is 4.23. The van der Waals surface area contributed by atoms with Crippen molar-refractivity contribution in [2.45, 2.75) is 6.92 Å². The Morgan fingerprint density at radius 1 is 1.25 bits per heavy atom. The number of nitrogens with zero attached hydrogens (tertiary/aromatic N) is 3. The normalized spacial score (nSPS) is 10.7. The van der Waals surface area contributed by atoms with E-state index in [2.05, 4.69) is 10.1 Å². The molecule has 0 bridgehead atoms. The fourth-order valence-electron chi connectivity index (χ4n) is 2.03. The van der Waals surface area contributed by atoms with Gasteiger partial charge in [0, 0.05) is 17.8 Å². The topological polar surface area (TPSA) is 57.0 Å². The van der Waals surface area contributed by atoms with Gasteiger partial charge in [-0.05, 0) is 25.1 Å². The van der Waals surface area contributed by atoms with Gasteiger partial charge in [0.1, 0.15) is 5.52 Å². The van der Waals surface area contributed by atoms with Crippen LogP contribution in [0.25, 0.3) is 16.7 Å². The quantitative estimate of drug-likeness (QED) is 0.684. The van der Waals surface area contributed by atoms with Crippen LogP contribution in [0.4, 0.5) is 0 Å². The summed E-state index contributed by atoms with van der Waals surface area (Å²) in [6.07, 6.45) is 3.55. The molecule has 20 heavy (non-hydrogen) atoms. The van der Waals surface area contributed by atoms with Crippen molar-refractivity contribution in [1.29, 1.82) is 0 Å². The van der Waals surface area contributed by atoms with Crippen molar-refractivity contribution < 1.29 is 9.53 Å². The van der Waals surface area contributed by atoms with Gasteiger partial charge in [0.25, 0.3) is 0 Å². The molecule has 5 heteroatoms. The van der Waals surface area contributed by atoms with Crippen molar-refractivity contribution in [1.82, 2.24) is 14.8 Å². The molecule has 2 heterocycles. The molecule has 0 fully saturated rings. The molecule has 0 aliphatic rings. The van der Waals surface area contributed by atoms with Gasteiger partial charge in [-0.1, -0.05) is 18.2 Å². The summed E-state index contributed by atoms with van der Waals surface area (Å²) in [6, 6.07) is 11.0. The molecule has 100 valence electrons. The maximum Gasteiger partial charge on any atom is 0.340 e. The van der Waals surface area contributed by atoms with E-state index < -0.39 is 0 Å². The molecule has 0 radical (unpaired) electrons. The molecule has 0 aliphatic carbocycles. The predicted molar refractivity (Wildman–Crippen MR) is 74.8 cm³/mol. The number of hydrogen-bond acceptors (Lipinski definition) is 4. The van der Waals surface area contributed by atoms with Crippen LogP contribution in [0.2, 0.25) is 0 Å². The number of carbonyl (C=O) groups is 1. The van der Waals surface area contributed by atoms with Crippen LogP contribution in [-0.4, -0.2) is 27.3 Å². The average molecular weight is 267 g/mol. The van der Waals surface area contributed by atoms with Crippen molar-refractivity contribution in [3.05, 3.63) is 54.4 Å². The van der Waals surface area contributed by atoms with Crippen LogP contribution < -0.4 is 0 Å². The summed E-state index contributed by atoms with van der Waals surface area (Å²) >= 11 is 0. The van der Waals surface area contributed by atoms with Gasteiger partial charge in [-0.15, -0.1) is 0 Å². The van der Waals surface area contributed by atoms with Crippen LogP contribution in [0, 0.1) is 0 Å². The molecule has 0 aliphatic heterocycles. The maximum absolute atomic E-state index is 11.9. The summed E-state index contributed by atoms with van der Waals surface area (Å²) in [7, 11) is 0. The first kappa shape index (κ1) is 12.3. The van der Waals surface area contributed by atoms with E-state index in [-0.39, 0.29) is 5.97 Å².